The largest absolute Gasteiger partial charge is 0.481 e. The number of carboxylic acid groups (broad SMARTS) is 1. The molecule has 2 aliphatic rings. The van der Waals surface area contributed by atoms with Crippen molar-refractivity contribution in [1.82, 2.24) is 10.2 Å². The van der Waals surface area contributed by atoms with Gasteiger partial charge in [-0.1, -0.05) is 36.8 Å². The molecule has 1 unspecified atom stereocenters. The average molecular weight is 355 g/mol. The van der Waals surface area contributed by atoms with Crippen molar-refractivity contribution < 1.29 is 14.7 Å². The fourth-order valence-electron chi connectivity index (χ4n) is 4.43. The second-order valence-electron chi connectivity index (χ2n) is 7.39. The van der Waals surface area contributed by atoms with Crippen molar-refractivity contribution in [2.75, 3.05) is 13.1 Å². The molecule has 0 aromatic heterocycles. The van der Waals surface area contributed by atoms with Gasteiger partial charge in [0.15, 0.2) is 0 Å². The summed E-state index contributed by atoms with van der Waals surface area (Å²) in [6, 6.07) is 11.5. The van der Waals surface area contributed by atoms with E-state index in [-0.39, 0.29) is 18.0 Å². The summed E-state index contributed by atoms with van der Waals surface area (Å²) >= 11 is 0. The van der Waals surface area contributed by atoms with Crippen LogP contribution in [0.25, 0.3) is 0 Å². The number of urea groups is 1. The number of hydrogen-bond donors (Lipinski definition) is 2. The minimum Gasteiger partial charge on any atom is -0.481 e. The van der Waals surface area contributed by atoms with Crippen molar-refractivity contribution >= 4 is 12.0 Å². The molecule has 1 aromatic carbocycles. The minimum atomic E-state index is -0.774. The molecule has 1 saturated heterocycles. The van der Waals surface area contributed by atoms with Crippen LogP contribution in [0.4, 0.5) is 4.79 Å². The molecular weight excluding hydrogens is 330 g/mol. The topological polar surface area (TPSA) is 93.4 Å². The first kappa shape index (κ1) is 18.2. The number of nitriles is 1. The second kappa shape index (κ2) is 7.77. The van der Waals surface area contributed by atoms with E-state index in [0.29, 0.717) is 38.8 Å². The number of aliphatic carboxylic acids is 1. The fourth-order valence-corrected chi connectivity index (χ4v) is 4.43. The average Bonchev–Trinajstić information content (AvgIpc) is 3.20. The molecule has 2 N–H and O–H groups in total. The number of carbonyl (C=O) groups is 2. The summed E-state index contributed by atoms with van der Waals surface area (Å²) < 4.78 is 0. The Kier molecular flexibility index (Phi) is 5.46. The maximum Gasteiger partial charge on any atom is 0.317 e. The van der Waals surface area contributed by atoms with E-state index in [0.717, 1.165) is 18.4 Å². The van der Waals surface area contributed by atoms with Gasteiger partial charge in [0.05, 0.1) is 17.5 Å². The van der Waals surface area contributed by atoms with Crippen LogP contribution in [0.3, 0.4) is 0 Å². The van der Waals surface area contributed by atoms with Gasteiger partial charge >= 0.3 is 12.0 Å². The molecule has 3 rings (SSSR count). The minimum absolute atomic E-state index is 0.0551. The van der Waals surface area contributed by atoms with Gasteiger partial charge in [-0.3, -0.25) is 4.79 Å². The zero-order valence-electron chi connectivity index (χ0n) is 14.9. The summed E-state index contributed by atoms with van der Waals surface area (Å²) in [6.45, 7) is 0.802. The highest BCUT2D eigenvalue weighted by molar-refractivity contribution is 5.80. The number of fused-ring (bicyclic) bond motifs is 1. The number of benzene rings is 1. The van der Waals surface area contributed by atoms with Crippen LogP contribution in [-0.4, -0.2) is 35.1 Å². The van der Waals surface area contributed by atoms with Crippen LogP contribution < -0.4 is 5.32 Å². The normalized spacial score (nSPS) is 25.3. The van der Waals surface area contributed by atoms with Gasteiger partial charge in [-0.2, -0.15) is 5.26 Å². The third-order valence-corrected chi connectivity index (χ3v) is 5.86. The molecule has 138 valence electrons. The Morgan fingerprint density at radius 2 is 2.15 bits per heavy atom. The molecule has 0 bridgehead atoms. The predicted octanol–water partition coefficient (Wildman–Crippen LogP) is 3.32. The molecule has 1 saturated carbocycles. The van der Waals surface area contributed by atoms with Crippen molar-refractivity contribution in [3.05, 3.63) is 35.9 Å². The first-order chi connectivity index (χ1) is 12.6. The summed E-state index contributed by atoms with van der Waals surface area (Å²) in [5.74, 6) is -0.719. The van der Waals surface area contributed by atoms with Crippen LogP contribution >= 0.6 is 0 Å². The first-order valence-corrected chi connectivity index (χ1v) is 9.27. The van der Waals surface area contributed by atoms with E-state index < -0.39 is 11.4 Å². The number of carbonyl (C=O) groups excluding carboxylic acids is 1. The number of carboxylic acids is 1. The van der Waals surface area contributed by atoms with Crippen LogP contribution in [0.1, 0.15) is 50.1 Å². The molecule has 2 fully saturated rings. The van der Waals surface area contributed by atoms with E-state index in [2.05, 4.69) is 11.4 Å². The Balaban J connectivity index is 1.68. The van der Waals surface area contributed by atoms with Crippen molar-refractivity contribution in [3.8, 4) is 6.07 Å². The van der Waals surface area contributed by atoms with Crippen molar-refractivity contribution in [2.24, 2.45) is 11.3 Å². The third-order valence-electron chi connectivity index (χ3n) is 5.86. The van der Waals surface area contributed by atoms with E-state index in [1.165, 1.54) is 0 Å². The van der Waals surface area contributed by atoms with Crippen molar-refractivity contribution in [1.29, 1.82) is 5.26 Å². The van der Waals surface area contributed by atoms with E-state index in [9.17, 15) is 14.7 Å². The van der Waals surface area contributed by atoms with Gasteiger partial charge in [0.2, 0.25) is 0 Å². The van der Waals surface area contributed by atoms with Crippen molar-refractivity contribution in [3.63, 3.8) is 0 Å². The zero-order chi connectivity index (χ0) is 18.6. The lowest BCUT2D eigenvalue weighted by Crippen LogP contribution is -2.43. The second-order valence-corrected chi connectivity index (χ2v) is 7.39. The van der Waals surface area contributed by atoms with E-state index in [4.69, 9.17) is 5.26 Å². The molecule has 1 heterocycles. The first-order valence-electron chi connectivity index (χ1n) is 9.27. The fraction of sp³-hybridized carbons (Fsp3) is 0.550. The Labute approximate surface area is 153 Å². The van der Waals surface area contributed by atoms with Gasteiger partial charge < -0.3 is 15.3 Å². The Morgan fingerprint density at radius 3 is 2.81 bits per heavy atom. The summed E-state index contributed by atoms with van der Waals surface area (Å²) in [5.41, 5.74) is 0.242. The molecule has 26 heavy (non-hydrogen) atoms. The molecule has 0 radical (unpaired) electrons. The maximum atomic E-state index is 12.8. The molecule has 2 amide bonds. The van der Waals surface area contributed by atoms with Crippen LogP contribution in [-0.2, 0) is 4.79 Å². The van der Waals surface area contributed by atoms with Crippen molar-refractivity contribution in [2.45, 2.75) is 44.6 Å². The lowest BCUT2D eigenvalue weighted by Gasteiger charge is -2.26. The molecule has 1 aliphatic heterocycles. The highest BCUT2D eigenvalue weighted by Crippen LogP contribution is 2.48. The van der Waals surface area contributed by atoms with E-state index in [1.54, 1.807) is 4.90 Å². The lowest BCUT2D eigenvalue weighted by molar-refractivity contribution is -0.149. The van der Waals surface area contributed by atoms with Crippen LogP contribution in [0.15, 0.2) is 30.3 Å². The Hall–Kier alpha value is -2.55. The predicted molar refractivity (Wildman–Crippen MR) is 96.2 cm³/mol. The standard InChI is InChI=1S/C20H25N3O3/c21-12-5-4-10-17(15-7-2-1-3-8-15)22-19(26)23-13-16-9-6-11-20(16,14-23)18(24)25/h1-3,7-8,16-17H,4-6,9-11,13-14H2,(H,22,26)(H,24,25)/t16-,17?,20+/m0/s1. The molecule has 6 heteroatoms. The van der Waals surface area contributed by atoms with Gasteiger partial charge in [0.1, 0.15) is 0 Å². The molecule has 6 nitrogen and oxygen atoms in total. The van der Waals surface area contributed by atoms with E-state index in [1.807, 2.05) is 30.3 Å². The lowest BCUT2D eigenvalue weighted by atomic mass is 9.81. The van der Waals surface area contributed by atoms with Gasteiger partial charge in [0, 0.05) is 19.5 Å². The van der Waals surface area contributed by atoms with Gasteiger partial charge in [-0.05, 0) is 37.2 Å². The molecule has 0 spiro atoms. The van der Waals surface area contributed by atoms with Crippen LogP contribution in [0, 0.1) is 22.7 Å². The highest BCUT2D eigenvalue weighted by Gasteiger charge is 2.55. The number of hydrogen-bond acceptors (Lipinski definition) is 3. The number of likely N-dealkylation sites (tertiary alicyclic amines) is 1. The molecule has 1 aliphatic carbocycles. The van der Waals surface area contributed by atoms with Crippen LogP contribution in [0.5, 0.6) is 0 Å². The Bertz CT molecular complexity index is 700. The number of nitrogens with zero attached hydrogens (tertiary/aromatic N) is 2. The SMILES string of the molecule is N#CCCCC(NC(=O)N1C[C@@H]2CCC[C@@]2(C(=O)O)C1)c1ccccc1. The number of unbranched alkanes of at least 4 members (excludes halogenated alkanes) is 1. The number of rotatable bonds is 6. The summed E-state index contributed by atoms with van der Waals surface area (Å²) in [5, 5.41) is 21.5. The molecule has 3 atom stereocenters. The van der Waals surface area contributed by atoms with E-state index >= 15 is 0 Å². The zero-order valence-corrected chi connectivity index (χ0v) is 14.9. The number of amides is 2. The molecular formula is C20H25N3O3. The maximum absolute atomic E-state index is 12.8. The Morgan fingerprint density at radius 1 is 1.38 bits per heavy atom. The van der Waals surface area contributed by atoms with Gasteiger partial charge in [-0.25, -0.2) is 4.79 Å². The molecule has 1 aromatic rings. The third kappa shape index (κ3) is 3.52. The summed E-state index contributed by atoms with van der Waals surface area (Å²) in [4.78, 5) is 26.3. The van der Waals surface area contributed by atoms with Gasteiger partial charge in [0.25, 0.3) is 0 Å². The summed E-state index contributed by atoms with van der Waals surface area (Å²) in [7, 11) is 0. The quantitative estimate of drug-likeness (QED) is 0.766. The van der Waals surface area contributed by atoms with Crippen LogP contribution in [0.2, 0.25) is 0 Å². The smallest absolute Gasteiger partial charge is 0.317 e. The number of nitrogens with one attached hydrogen (secondary N) is 1. The summed E-state index contributed by atoms with van der Waals surface area (Å²) in [6.07, 6.45) is 4.30. The monoisotopic (exact) mass is 355 g/mol. The van der Waals surface area contributed by atoms with Gasteiger partial charge in [-0.15, -0.1) is 0 Å². The highest BCUT2D eigenvalue weighted by atomic mass is 16.4.